The number of nitrogens with two attached hydrogens (primary N) is 1. The Morgan fingerprint density at radius 3 is 2.72 bits per heavy atom. The number of halogens is 2. The summed E-state index contributed by atoms with van der Waals surface area (Å²) >= 11 is 3.39. The van der Waals surface area contributed by atoms with Crippen LogP contribution >= 0.6 is 15.9 Å². The number of rotatable bonds is 5. The molecule has 0 atom stereocenters. The topological polar surface area (TPSA) is 35.2 Å². The van der Waals surface area contributed by atoms with Crippen LogP contribution in [0.15, 0.2) is 16.6 Å². The van der Waals surface area contributed by atoms with Crippen LogP contribution in [-0.2, 0) is 6.42 Å². The molecule has 0 unspecified atom stereocenters. The molecule has 0 saturated heterocycles. The predicted octanol–water partition coefficient (Wildman–Crippen LogP) is 3.41. The van der Waals surface area contributed by atoms with E-state index in [0.717, 1.165) is 30.8 Å². The van der Waals surface area contributed by atoms with Gasteiger partial charge in [0.25, 0.3) is 0 Å². The summed E-state index contributed by atoms with van der Waals surface area (Å²) in [4.78, 5) is 0. The maximum atomic E-state index is 13.5. The van der Waals surface area contributed by atoms with Crippen molar-refractivity contribution in [1.29, 1.82) is 0 Å². The molecule has 1 aromatic rings. The van der Waals surface area contributed by atoms with Crippen molar-refractivity contribution in [2.45, 2.75) is 37.6 Å². The highest BCUT2D eigenvalue weighted by Gasteiger charge is 2.39. The molecular weight excluding hydrogens is 297 g/mol. The minimum absolute atomic E-state index is 0.134. The molecule has 98 valence electrons. The fraction of sp³-hybridized carbons (Fsp3) is 0.571. The normalized spacial score (nSPS) is 20.8. The predicted molar refractivity (Wildman–Crippen MR) is 72.2 cm³/mol. The third kappa shape index (κ3) is 2.86. The van der Waals surface area contributed by atoms with Crippen LogP contribution in [0, 0.1) is 11.7 Å². The molecule has 0 heterocycles. The lowest BCUT2D eigenvalue weighted by atomic mass is 10.0. The van der Waals surface area contributed by atoms with E-state index in [0.29, 0.717) is 16.8 Å². The molecule has 2 N–H and O–H groups in total. The van der Waals surface area contributed by atoms with E-state index >= 15 is 0 Å². The zero-order valence-corrected chi connectivity index (χ0v) is 11.8. The van der Waals surface area contributed by atoms with Gasteiger partial charge >= 0.3 is 0 Å². The molecule has 0 bridgehead atoms. The van der Waals surface area contributed by atoms with Gasteiger partial charge < -0.3 is 10.5 Å². The molecule has 2 aliphatic carbocycles. The van der Waals surface area contributed by atoms with E-state index in [9.17, 15) is 4.39 Å². The molecule has 4 heteroatoms. The maximum Gasteiger partial charge on any atom is 0.136 e. The van der Waals surface area contributed by atoms with Crippen LogP contribution in [0.3, 0.4) is 0 Å². The van der Waals surface area contributed by atoms with Crippen LogP contribution in [-0.4, -0.2) is 12.1 Å². The molecule has 18 heavy (non-hydrogen) atoms. The van der Waals surface area contributed by atoms with E-state index < -0.39 is 0 Å². The van der Waals surface area contributed by atoms with Crippen LogP contribution in [0.25, 0.3) is 0 Å². The van der Waals surface area contributed by atoms with Crippen LogP contribution in [0.5, 0.6) is 5.75 Å². The lowest BCUT2D eigenvalue weighted by molar-refractivity contribution is 0.293. The first-order chi connectivity index (χ1) is 8.56. The highest BCUT2D eigenvalue weighted by atomic mass is 79.9. The van der Waals surface area contributed by atoms with E-state index in [1.165, 1.54) is 18.9 Å². The van der Waals surface area contributed by atoms with Gasteiger partial charge in [0.15, 0.2) is 0 Å². The van der Waals surface area contributed by atoms with Crippen molar-refractivity contribution in [3.63, 3.8) is 0 Å². The summed E-state index contributed by atoms with van der Waals surface area (Å²) in [6.45, 7) is 0.731. The Hall–Kier alpha value is -0.610. The number of ether oxygens (including phenoxy) is 1. The molecule has 2 aliphatic rings. The molecule has 0 spiro atoms. The summed E-state index contributed by atoms with van der Waals surface area (Å²) in [5, 5.41) is 0. The second kappa shape index (κ2) is 4.49. The lowest BCUT2D eigenvalue weighted by Gasteiger charge is -2.16. The summed E-state index contributed by atoms with van der Waals surface area (Å²) in [6.07, 6.45) is 5.22. The first-order valence-corrected chi connectivity index (χ1v) is 7.25. The van der Waals surface area contributed by atoms with Crippen LogP contribution in [0.2, 0.25) is 0 Å². The third-order valence-electron chi connectivity index (χ3n) is 3.68. The standard InChI is InChI=1S/C14H17BrFNO/c15-12-6-11(16)5-10(7-14(17)3-4-14)13(12)18-8-9-1-2-9/h5-6,9H,1-4,7-8,17H2. The highest BCUT2D eigenvalue weighted by molar-refractivity contribution is 9.10. The molecule has 0 aliphatic heterocycles. The third-order valence-corrected chi connectivity index (χ3v) is 4.27. The average molecular weight is 314 g/mol. The van der Waals surface area contributed by atoms with Gasteiger partial charge in [-0.25, -0.2) is 4.39 Å². The summed E-state index contributed by atoms with van der Waals surface area (Å²) in [5.74, 6) is 1.22. The molecule has 0 radical (unpaired) electrons. The molecule has 3 rings (SSSR count). The van der Waals surface area contributed by atoms with E-state index in [4.69, 9.17) is 10.5 Å². The summed E-state index contributed by atoms with van der Waals surface area (Å²) in [7, 11) is 0. The Balaban J connectivity index is 1.82. The Bertz CT molecular complexity index is 469. The Kier molecular flexibility index (Phi) is 3.10. The molecular formula is C14H17BrFNO. The fourth-order valence-corrected chi connectivity index (χ4v) is 2.70. The smallest absolute Gasteiger partial charge is 0.136 e. The van der Waals surface area contributed by atoms with E-state index in [1.807, 2.05) is 0 Å². The molecule has 2 fully saturated rings. The van der Waals surface area contributed by atoms with Crippen molar-refractivity contribution in [1.82, 2.24) is 0 Å². The zero-order chi connectivity index (χ0) is 12.8. The van der Waals surface area contributed by atoms with Crippen molar-refractivity contribution < 1.29 is 9.13 Å². The Morgan fingerprint density at radius 2 is 2.11 bits per heavy atom. The van der Waals surface area contributed by atoms with Gasteiger partial charge in [0.05, 0.1) is 11.1 Å². The summed E-state index contributed by atoms with van der Waals surface area (Å²) in [5.41, 5.74) is 6.88. The minimum Gasteiger partial charge on any atom is -0.492 e. The number of hydrogen-bond acceptors (Lipinski definition) is 2. The molecule has 1 aromatic carbocycles. The summed E-state index contributed by atoms with van der Waals surface area (Å²) in [6, 6.07) is 3.02. The minimum atomic E-state index is -0.236. The van der Waals surface area contributed by atoms with Crippen LogP contribution in [0.4, 0.5) is 4.39 Å². The van der Waals surface area contributed by atoms with Gasteiger partial charge in [0, 0.05) is 11.1 Å². The monoisotopic (exact) mass is 313 g/mol. The van der Waals surface area contributed by atoms with Crippen molar-refractivity contribution in [2.75, 3.05) is 6.61 Å². The molecule has 2 nitrogen and oxygen atoms in total. The van der Waals surface area contributed by atoms with Crippen LogP contribution in [0.1, 0.15) is 31.2 Å². The first kappa shape index (κ1) is 12.4. The van der Waals surface area contributed by atoms with E-state index in [-0.39, 0.29) is 11.4 Å². The summed E-state index contributed by atoms with van der Waals surface area (Å²) < 4.78 is 20.0. The van der Waals surface area contributed by atoms with Gasteiger partial charge in [-0.05, 0) is 66.1 Å². The van der Waals surface area contributed by atoms with E-state index in [1.54, 1.807) is 6.07 Å². The van der Waals surface area contributed by atoms with E-state index in [2.05, 4.69) is 15.9 Å². The average Bonchev–Trinajstić information content (AvgIpc) is 3.16. The van der Waals surface area contributed by atoms with Gasteiger partial charge in [-0.3, -0.25) is 0 Å². The fourth-order valence-electron chi connectivity index (χ4n) is 2.11. The Labute approximate surface area is 115 Å². The van der Waals surface area contributed by atoms with Crippen molar-refractivity contribution in [3.05, 3.63) is 28.0 Å². The van der Waals surface area contributed by atoms with Gasteiger partial charge in [0.2, 0.25) is 0 Å². The van der Waals surface area contributed by atoms with Gasteiger partial charge in [-0.2, -0.15) is 0 Å². The Morgan fingerprint density at radius 1 is 1.39 bits per heavy atom. The van der Waals surface area contributed by atoms with Crippen molar-refractivity contribution in [3.8, 4) is 5.75 Å². The quantitative estimate of drug-likeness (QED) is 0.904. The highest BCUT2D eigenvalue weighted by Crippen LogP contribution is 2.41. The first-order valence-electron chi connectivity index (χ1n) is 6.45. The second-order valence-corrected chi connectivity index (χ2v) is 6.52. The van der Waals surface area contributed by atoms with Crippen LogP contribution < -0.4 is 10.5 Å². The molecule has 0 amide bonds. The number of benzene rings is 1. The second-order valence-electron chi connectivity index (χ2n) is 5.67. The van der Waals surface area contributed by atoms with Gasteiger partial charge in [-0.15, -0.1) is 0 Å². The lowest BCUT2D eigenvalue weighted by Crippen LogP contribution is -2.25. The molecule has 2 saturated carbocycles. The van der Waals surface area contributed by atoms with Gasteiger partial charge in [0.1, 0.15) is 11.6 Å². The van der Waals surface area contributed by atoms with Crippen molar-refractivity contribution in [2.24, 2.45) is 11.7 Å². The van der Waals surface area contributed by atoms with Gasteiger partial charge in [-0.1, -0.05) is 0 Å². The molecule has 0 aromatic heterocycles. The maximum absolute atomic E-state index is 13.5. The zero-order valence-electron chi connectivity index (χ0n) is 10.2. The number of hydrogen-bond donors (Lipinski definition) is 1. The largest absolute Gasteiger partial charge is 0.492 e. The van der Waals surface area contributed by atoms with Crippen molar-refractivity contribution >= 4 is 15.9 Å². The SMILES string of the molecule is NC1(Cc2cc(F)cc(Br)c2OCC2CC2)CC1.